The highest BCUT2D eigenvalue weighted by Crippen LogP contribution is 2.28. The molecule has 0 spiro atoms. The largest absolute Gasteiger partial charge is 0.330 e. The predicted octanol–water partition coefficient (Wildman–Crippen LogP) is 5.32. The van der Waals surface area contributed by atoms with E-state index in [0.717, 1.165) is 50.4 Å². The minimum absolute atomic E-state index is 0.525. The second kappa shape index (κ2) is 8.91. The van der Waals surface area contributed by atoms with Gasteiger partial charge in [0.2, 0.25) is 0 Å². The molecule has 5 nitrogen and oxygen atoms in total. The maximum atomic E-state index is 4.86. The molecule has 0 atom stereocenters. The number of likely N-dealkylation sites (tertiary alicyclic amines) is 1. The van der Waals surface area contributed by atoms with Crippen molar-refractivity contribution in [1.82, 2.24) is 24.0 Å². The first-order valence-electron chi connectivity index (χ1n) is 11.8. The average molecular weight is 428 g/mol. The number of para-hydroxylation sites is 2. The number of rotatable bonds is 6. The van der Waals surface area contributed by atoms with Crippen LogP contribution in [0.5, 0.6) is 0 Å². The van der Waals surface area contributed by atoms with Gasteiger partial charge in [0.05, 0.1) is 17.6 Å². The molecule has 32 heavy (non-hydrogen) atoms. The van der Waals surface area contributed by atoms with E-state index in [2.05, 4.69) is 89.7 Å². The number of fused-ring (bicyclic) bond motifs is 1. The Bertz CT molecular complexity index is 1180. The zero-order chi connectivity index (χ0) is 22.1. The van der Waals surface area contributed by atoms with Gasteiger partial charge in [-0.25, -0.2) is 9.97 Å². The van der Waals surface area contributed by atoms with Crippen LogP contribution in [0.25, 0.3) is 11.0 Å². The van der Waals surface area contributed by atoms with Crippen molar-refractivity contribution in [2.75, 3.05) is 13.1 Å². The van der Waals surface area contributed by atoms with Crippen molar-refractivity contribution in [3.05, 3.63) is 83.7 Å². The normalized spacial score (nSPS) is 15.8. The predicted molar refractivity (Wildman–Crippen MR) is 130 cm³/mol. The molecule has 4 aromatic rings. The summed E-state index contributed by atoms with van der Waals surface area (Å²) in [6.07, 6.45) is 6.39. The third-order valence-electron chi connectivity index (χ3n) is 6.94. The number of aromatic nitrogens is 4. The molecule has 0 bridgehead atoms. The summed E-state index contributed by atoms with van der Waals surface area (Å²) in [6, 6.07) is 17.4. The summed E-state index contributed by atoms with van der Waals surface area (Å²) in [5.74, 6) is 3.48. The summed E-state index contributed by atoms with van der Waals surface area (Å²) >= 11 is 0. The van der Waals surface area contributed by atoms with Crippen LogP contribution in [0, 0.1) is 0 Å². The summed E-state index contributed by atoms with van der Waals surface area (Å²) < 4.78 is 4.58. The lowest BCUT2D eigenvalue weighted by atomic mass is 9.95. The van der Waals surface area contributed by atoms with E-state index in [-0.39, 0.29) is 0 Å². The van der Waals surface area contributed by atoms with E-state index in [1.54, 1.807) is 0 Å². The number of piperidine rings is 1. The van der Waals surface area contributed by atoms with Crippen LogP contribution in [0.1, 0.15) is 61.3 Å². The van der Waals surface area contributed by atoms with E-state index in [1.807, 2.05) is 6.20 Å². The van der Waals surface area contributed by atoms with Crippen molar-refractivity contribution in [3.63, 3.8) is 0 Å². The van der Waals surface area contributed by atoms with Crippen molar-refractivity contribution in [2.24, 2.45) is 7.05 Å². The maximum absolute atomic E-state index is 4.86. The van der Waals surface area contributed by atoms with Crippen LogP contribution >= 0.6 is 0 Å². The molecule has 2 aromatic heterocycles. The lowest BCUT2D eigenvalue weighted by Crippen LogP contribution is -2.34. The highest BCUT2D eigenvalue weighted by molar-refractivity contribution is 5.75. The van der Waals surface area contributed by atoms with Gasteiger partial charge < -0.3 is 9.13 Å². The van der Waals surface area contributed by atoms with Crippen LogP contribution in [-0.4, -0.2) is 37.1 Å². The van der Waals surface area contributed by atoms with E-state index in [1.165, 1.54) is 22.5 Å². The van der Waals surface area contributed by atoms with E-state index >= 15 is 0 Å². The summed E-state index contributed by atoms with van der Waals surface area (Å²) in [7, 11) is 2.13. The van der Waals surface area contributed by atoms with Gasteiger partial charge in [-0.2, -0.15) is 0 Å². The van der Waals surface area contributed by atoms with Gasteiger partial charge in [-0.05, 0) is 55.1 Å². The Kier molecular flexibility index (Phi) is 5.83. The molecule has 166 valence electrons. The molecule has 1 aliphatic rings. The first-order valence-corrected chi connectivity index (χ1v) is 11.8. The van der Waals surface area contributed by atoms with Crippen LogP contribution in [-0.2, 0) is 20.1 Å². The van der Waals surface area contributed by atoms with Crippen LogP contribution in [0.15, 0.2) is 60.9 Å². The molecule has 2 aromatic carbocycles. The quantitative estimate of drug-likeness (QED) is 0.418. The van der Waals surface area contributed by atoms with Crippen molar-refractivity contribution in [3.8, 4) is 0 Å². The summed E-state index contributed by atoms with van der Waals surface area (Å²) in [5, 5.41) is 0. The first-order chi connectivity index (χ1) is 15.6. The van der Waals surface area contributed by atoms with Crippen molar-refractivity contribution in [1.29, 1.82) is 0 Å². The fourth-order valence-electron chi connectivity index (χ4n) is 4.91. The van der Waals surface area contributed by atoms with Crippen LogP contribution < -0.4 is 0 Å². The SMILES string of the molecule is CC(C)c1ccc(Cn2ccnc2C2CCN(Cc3nc4ccccc4n3C)CC2)cc1. The summed E-state index contributed by atoms with van der Waals surface area (Å²) in [6.45, 7) is 8.47. The average Bonchev–Trinajstić information content (AvgIpc) is 3.39. The van der Waals surface area contributed by atoms with Crippen molar-refractivity contribution in [2.45, 2.75) is 51.6 Å². The fourth-order valence-corrected chi connectivity index (χ4v) is 4.91. The minimum atomic E-state index is 0.525. The Balaban J connectivity index is 1.22. The van der Waals surface area contributed by atoms with Gasteiger partial charge in [-0.3, -0.25) is 4.90 Å². The van der Waals surface area contributed by atoms with E-state index in [0.29, 0.717) is 11.8 Å². The van der Waals surface area contributed by atoms with Gasteiger partial charge in [0, 0.05) is 31.9 Å². The molecule has 5 rings (SSSR count). The number of nitrogens with zero attached hydrogens (tertiary/aromatic N) is 5. The topological polar surface area (TPSA) is 38.9 Å². The molecule has 3 heterocycles. The number of hydrogen-bond acceptors (Lipinski definition) is 3. The van der Waals surface area contributed by atoms with Crippen molar-refractivity contribution < 1.29 is 0 Å². The Morgan fingerprint density at radius 2 is 1.72 bits per heavy atom. The molecule has 0 unspecified atom stereocenters. The summed E-state index contributed by atoms with van der Waals surface area (Å²) in [5.41, 5.74) is 5.03. The first kappa shape index (κ1) is 21.0. The molecule has 0 saturated carbocycles. The molecule has 0 N–H and O–H groups in total. The highest BCUT2D eigenvalue weighted by Gasteiger charge is 2.25. The lowest BCUT2D eigenvalue weighted by molar-refractivity contribution is 0.195. The molecule has 0 radical (unpaired) electrons. The lowest BCUT2D eigenvalue weighted by Gasteiger charge is -2.31. The van der Waals surface area contributed by atoms with E-state index < -0.39 is 0 Å². The monoisotopic (exact) mass is 427 g/mol. The molecular weight excluding hydrogens is 394 g/mol. The van der Waals surface area contributed by atoms with Gasteiger partial charge in [-0.1, -0.05) is 50.2 Å². The maximum Gasteiger partial charge on any atom is 0.123 e. The second-order valence-corrected chi connectivity index (χ2v) is 9.44. The van der Waals surface area contributed by atoms with Crippen molar-refractivity contribution >= 4 is 11.0 Å². The number of hydrogen-bond donors (Lipinski definition) is 0. The molecular formula is C27H33N5. The Labute approximate surface area is 190 Å². The Hall–Kier alpha value is -2.92. The summed E-state index contributed by atoms with van der Waals surface area (Å²) in [4.78, 5) is 12.2. The smallest absolute Gasteiger partial charge is 0.123 e. The van der Waals surface area contributed by atoms with Crippen LogP contribution in [0.2, 0.25) is 0 Å². The molecule has 0 aliphatic carbocycles. The Morgan fingerprint density at radius 3 is 2.44 bits per heavy atom. The van der Waals surface area contributed by atoms with E-state index in [4.69, 9.17) is 9.97 Å². The van der Waals surface area contributed by atoms with Crippen LogP contribution in [0.4, 0.5) is 0 Å². The van der Waals surface area contributed by atoms with Gasteiger partial charge >= 0.3 is 0 Å². The standard InChI is InChI=1S/C27H33N5/c1-20(2)22-10-8-21(9-11-22)18-32-17-14-28-27(32)23-12-15-31(16-13-23)19-26-29-24-6-4-5-7-25(24)30(26)3/h4-11,14,17,20,23H,12-13,15-16,18-19H2,1-3H3. The molecule has 1 fully saturated rings. The Morgan fingerprint density at radius 1 is 0.969 bits per heavy atom. The molecule has 1 saturated heterocycles. The zero-order valence-corrected chi connectivity index (χ0v) is 19.4. The highest BCUT2D eigenvalue weighted by atomic mass is 15.2. The molecule has 5 heteroatoms. The zero-order valence-electron chi connectivity index (χ0n) is 19.4. The van der Waals surface area contributed by atoms with Gasteiger partial charge in [0.15, 0.2) is 0 Å². The second-order valence-electron chi connectivity index (χ2n) is 9.44. The van der Waals surface area contributed by atoms with Gasteiger partial charge in [-0.15, -0.1) is 0 Å². The third-order valence-corrected chi connectivity index (χ3v) is 6.94. The molecule has 1 aliphatic heterocycles. The van der Waals surface area contributed by atoms with Crippen LogP contribution in [0.3, 0.4) is 0 Å². The number of benzene rings is 2. The van der Waals surface area contributed by atoms with Gasteiger partial charge in [0.25, 0.3) is 0 Å². The third kappa shape index (κ3) is 4.22. The minimum Gasteiger partial charge on any atom is -0.330 e. The number of aryl methyl sites for hydroxylation is 1. The fraction of sp³-hybridized carbons (Fsp3) is 0.407. The molecule has 0 amide bonds. The van der Waals surface area contributed by atoms with Gasteiger partial charge in [0.1, 0.15) is 11.6 Å². The van der Waals surface area contributed by atoms with E-state index in [9.17, 15) is 0 Å². The number of imidazole rings is 2.